The molecule has 28 heavy (non-hydrogen) atoms. The largest absolute Gasteiger partial charge is 0.484 e. The molecule has 0 aromatic heterocycles. The van der Waals surface area contributed by atoms with E-state index < -0.39 is 5.91 Å². The van der Waals surface area contributed by atoms with E-state index in [0.29, 0.717) is 12.3 Å². The first-order chi connectivity index (χ1) is 13.7. The Balaban J connectivity index is 1.51. The number of ether oxygens (including phenoxy) is 1. The molecule has 0 aliphatic carbocycles. The molecular weight excluding hydrogens is 354 g/mol. The van der Waals surface area contributed by atoms with Crippen LogP contribution in [0.3, 0.4) is 0 Å². The van der Waals surface area contributed by atoms with Crippen molar-refractivity contribution in [3.8, 4) is 5.75 Å². The van der Waals surface area contributed by atoms with Crippen LogP contribution in [0.2, 0.25) is 0 Å². The van der Waals surface area contributed by atoms with Crippen LogP contribution >= 0.6 is 0 Å². The highest BCUT2D eigenvalue weighted by molar-refractivity contribution is 5.80. The molecule has 148 valence electrons. The van der Waals surface area contributed by atoms with Crippen molar-refractivity contribution in [3.05, 3.63) is 60.2 Å². The predicted octanol–water partition coefficient (Wildman–Crippen LogP) is 1.45. The number of nitrogens with zero attached hydrogens (tertiary/aromatic N) is 3. The van der Waals surface area contributed by atoms with E-state index >= 15 is 0 Å². The van der Waals surface area contributed by atoms with Crippen LogP contribution in [0, 0.1) is 0 Å². The number of carbonyl (C=O) groups is 1. The number of para-hydroxylation sites is 1. The van der Waals surface area contributed by atoms with Crippen molar-refractivity contribution < 1.29 is 9.53 Å². The number of hydrogen-bond acceptors (Lipinski definition) is 4. The number of nitrogens with one attached hydrogen (secondary N) is 1. The SMILES string of the molecule is CN=C(NCc1cccc(OCC(N)=O)c1)N1CCN(c2ccccc2)CC1. The zero-order chi connectivity index (χ0) is 19.8. The Bertz CT molecular complexity index is 801. The minimum absolute atomic E-state index is 0.121. The third-order valence-electron chi connectivity index (χ3n) is 4.64. The van der Waals surface area contributed by atoms with E-state index in [4.69, 9.17) is 10.5 Å². The van der Waals surface area contributed by atoms with E-state index in [-0.39, 0.29) is 6.61 Å². The topological polar surface area (TPSA) is 83.2 Å². The van der Waals surface area contributed by atoms with Crippen LogP contribution in [-0.4, -0.2) is 56.6 Å². The number of guanidine groups is 1. The summed E-state index contributed by atoms with van der Waals surface area (Å²) >= 11 is 0. The first kappa shape index (κ1) is 19.5. The fourth-order valence-electron chi connectivity index (χ4n) is 3.23. The summed E-state index contributed by atoms with van der Waals surface area (Å²) in [5.41, 5.74) is 7.43. The van der Waals surface area contributed by atoms with Gasteiger partial charge in [-0.1, -0.05) is 30.3 Å². The number of carbonyl (C=O) groups excluding carboxylic acids is 1. The van der Waals surface area contributed by atoms with Gasteiger partial charge in [-0.25, -0.2) is 0 Å². The van der Waals surface area contributed by atoms with E-state index in [1.54, 1.807) is 7.05 Å². The number of piperazine rings is 1. The van der Waals surface area contributed by atoms with E-state index in [2.05, 4.69) is 44.4 Å². The molecule has 3 rings (SSSR count). The second kappa shape index (κ2) is 9.64. The Labute approximate surface area is 165 Å². The summed E-state index contributed by atoms with van der Waals surface area (Å²) in [6.45, 7) is 4.25. The molecule has 1 amide bonds. The number of amides is 1. The fourth-order valence-corrected chi connectivity index (χ4v) is 3.23. The lowest BCUT2D eigenvalue weighted by atomic mass is 10.2. The van der Waals surface area contributed by atoms with Crippen molar-refractivity contribution in [2.75, 3.05) is 44.7 Å². The van der Waals surface area contributed by atoms with Crippen LogP contribution in [0.4, 0.5) is 5.69 Å². The zero-order valence-corrected chi connectivity index (χ0v) is 16.2. The normalized spacial score (nSPS) is 14.7. The van der Waals surface area contributed by atoms with Gasteiger partial charge in [0.2, 0.25) is 0 Å². The van der Waals surface area contributed by atoms with Gasteiger partial charge in [-0.2, -0.15) is 0 Å². The number of anilines is 1. The number of rotatable bonds is 6. The van der Waals surface area contributed by atoms with E-state index in [9.17, 15) is 4.79 Å². The Hall–Kier alpha value is -3.22. The third kappa shape index (κ3) is 5.39. The van der Waals surface area contributed by atoms with Crippen molar-refractivity contribution in [1.82, 2.24) is 10.2 Å². The van der Waals surface area contributed by atoms with Gasteiger partial charge in [0, 0.05) is 45.5 Å². The fraction of sp³-hybridized carbons (Fsp3) is 0.333. The van der Waals surface area contributed by atoms with Crippen molar-refractivity contribution in [3.63, 3.8) is 0 Å². The molecule has 2 aromatic rings. The summed E-state index contributed by atoms with van der Waals surface area (Å²) in [4.78, 5) is 20.0. The lowest BCUT2D eigenvalue weighted by molar-refractivity contribution is -0.119. The summed E-state index contributed by atoms with van der Waals surface area (Å²) < 4.78 is 5.36. The van der Waals surface area contributed by atoms with E-state index in [1.807, 2.05) is 30.3 Å². The second-order valence-corrected chi connectivity index (χ2v) is 6.61. The van der Waals surface area contributed by atoms with Crippen molar-refractivity contribution in [2.45, 2.75) is 6.54 Å². The Morgan fingerprint density at radius 3 is 2.54 bits per heavy atom. The van der Waals surface area contributed by atoms with Gasteiger partial charge in [0.15, 0.2) is 12.6 Å². The minimum atomic E-state index is -0.487. The molecule has 0 atom stereocenters. The summed E-state index contributed by atoms with van der Waals surface area (Å²) in [5.74, 6) is 1.03. The van der Waals surface area contributed by atoms with Crippen molar-refractivity contribution in [1.29, 1.82) is 0 Å². The molecule has 0 radical (unpaired) electrons. The number of hydrogen-bond donors (Lipinski definition) is 2. The molecule has 1 heterocycles. The van der Waals surface area contributed by atoms with Crippen LogP contribution in [0.1, 0.15) is 5.56 Å². The molecule has 2 aromatic carbocycles. The Kier molecular flexibility index (Phi) is 6.73. The minimum Gasteiger partial charge on any atom is -0.484 e. The first-order valence-corrected chi connectivity index (χ1v) is 9.41. The zero-order valence-electron chi connectivity index (χ0n) is 16.2. The van der Waals surface area contributed by atoms with Gasteiger partial charge in [-0.15, -0.1) is 0 Å². The number of nitrogens with two attached hydrogens (primary N) is 1. The van der Waals surface area contributed by atoms with Gasteiger partial charge in [0.25, 0.3) is 5.91 Å². The predicted molar refractivity (Wildman–Crippen MR) is 112 cm³/mol. The molecule has 0 unspecified atom stereocenters. The van der Waals surface area contributed by atoms with Gasteiger partial charge in [0.05, 0.1) is 0 Å². The average Bonchev–Trinajstić information content (AvgIpc) is 2.74. The van der Waals surface area contributed by atoms with Crippen LogP contribution in [-0.2, 0) is 11.3 Å². The lowest BCUT2D eigenvalue weighted by Gasteiger charge is -2.37. The van der Waals surface area contributed by atoms with Crippen LogP contribution in [0.5, 0.6) is 5.75 Å². The van der Waals surface area contributed by atoms with E-state index in [1.165, 1.54) is 5.69 Å². The Morgan fingerprint density at radius 1 is 1.11 bits per heavy atom. The molecule has 0 bridgehead atoms. The number of aliphatic imine (C=N–C) groups is 1. The molecule has 7 nitrogen and oxygen atoms in total. The van der Waals surface area contributed by atoms with Gasteiger partial charge in [-0.3, -0.25) is 9.79 Å². The summed E-state index contributed by atoms with van der Waals surface area (Å²) in [7, 11) is 1.80. The quantitative estimate of drug-likeness (QED) is 0.585. The highest BCUT2D eigenvalue weighted by Gasteiger charge is 2.19. The van der Waals surface area contributed by atoms with E-state index in [0.717, 1.165) is 37.7 Å². The molecular formula is C21H27N5O2. The molecule has 1 fully saturated rings. The lowest BCUT2D eigenvalue weighted by Crippen LogP contribution is -2.52. The maximum Gasteiger partial charge on any atom is 0.255 e. The van der Waals surface area contributed by atoms with Gasteiger partial charge in [0.1, 0.15) is 5.75 Å². The monoisotopic (exact) mass is 381 g/mol. The van der Waals surface area contributed by atoms with Gasteiger partial charge >= 0.3 is 0 Å². The molecule has 0 saturated carbocycles. The van der Waals surface area contributed by atoms with Crippen molar-refractivity contribution in [2.24, 2.45) is 10.7 Å². The summed E-state index contributed by atoms with van der Waals surface area (Å²) in [6.07, 6.45) is 0. The molecule has 1 aliphatic rings. The van der Waals surface area contributed by atoms with Crippen LogP contribution in [0.25, 0.3) is 0 Å². The molecule has 7 heteroatoms. The van der Waals surface area contributed by atoms with Crippen molar-refractivity contribution >= 4 is 17.6 Å². The van der Waals surface area contributed by atoms with Crippen LogP contribution in [0.15, 0.2) is 59.6 Å². The molecule has 3 N–H and O–H groups in total. The number of primary amides is 1. The second-order valence-electron chi connectivity index (χ2n) is 6.61. The molecule has 0 spiro atoms. The highest BCUT2D eigenvalue weighted by atomic mass is 16.5. The highest BCUT2D eigenvalue weighted by Crippen LogP contribution is 2.16. The van der Waals surface area contributed by atoms with Gasteiger partial charge < -0.3 is 25.6 Å². The van der Waals surface area contributed by atoms with Gasteiger partial charge in [-0.05, 0) is 29.8 Å². The smallest absolute Gasteiger partial charge is 0.255 e. The summed E-state index contributed by atoms with van der Waals surface area (Å²) in [6, 6.07) is 18.1. The number of benzene rings is 2. The first-order valence-electron chi connectivity index (χ1n) is 9.41. The maximum atomic E-state index is 10.9. The third-order valence-corrected chi connectivity index (χ3v) is 4.64. The standard InChI is InChI=1S/C21H27N5O2/c1-23-21(24-15-17-6-5-9-19(14-17)28-16-20(22)27)26-12-10-25(11-13-26)18-7-3-2-4-8-18/h2-9,14H,10-13,15-16H2,1H3,(H2,22,27)(H,23,24). The average molecular weight is 381 g/mol. The Morgan fingerprint density at radius 2 is 1.86 bits per heavy atom. The van der Waals surface area contributed by atoms with Crippen LogP contribution < -0.4 is 20.7 Å². The molecule has 1 aliphatic heterocycles. The molecule has 1 saturated heterocycles. The summed E-state index contributed by atoms with van der Waals surface area (Å²) in [5, 5.41) is 3.41. The maximum absolute atomic E-state index is 10.9.